The lowest BCUT2D eigenvalue weighted by molar-refractivity contribution is -0.151. The van der Waals surface area contributed by atoms with Crippen molar-refractivity contribution in [1.82, 2.24) is 9.80 Å². The summed E-state index contributed by atoms with van der Waals surface area (Å²) < 4.78 is 0. The van der Waals surface area contributed by atoms with Crippen LogP contribution in [0.4, 0.5) is 0 Å². The van der Waals surface area contributed by atoms with E-state index in [-0.39, 0.29) is 17.7 Å². The van der Waals surface area contributed by atoms with Gasteiger partial charge in [-0.25, -0.2) is 0 Å². The molecular weight excluding hydrogens is 244 g/mol. The Balaban J connectivity index is 2.05. The fourth-order valence-corrected chi connectivity index (χ4v) is 3.31. The lowest BCUT2D eigenvalue weighted by Crippen LogP contribution is -2.42. The zero-order valence-electron chi connectivity index (χ0n) is 12.1. The van der Waals surface area contributed by atoms with E-state index in [1.165, 1.54) is 0 Å². The minimum atomic E-state index is -0.763. The number of hydrogen-bond acceptors (Lipinski definition) is 3. The van der Waals surface area contributed by atoms with E-state index in [1.807, 2.05) is 20.9 Å². The van der Waals surface area contributed by atoms with Crippen LogP contribution in [0.1, 0.15) is 26.7 Å². The van der Waals surface area contributed by atoms with Crippen molar-refractivity contribution < 1.29 is 14.7 Å². The Labute approximate surface area is 114 Å². The van der Waals surface area contributed by atoms with Gasteiger partial charge in [0.1, 0.15) is 0 Å². The fraction of sp³-hybridized carbons (Fsp3) is 0.857. The summed E-state index contributed by atoms with van der Waals surface area (Å²) in [5, 5.41) is 9.49. The molecule has 5 nitrogen and oxygen atoms in total. The molecule has 0 aromatic rings. The Kier molecular flexibility index (Phi) is 3.85. The van der Waals surface area contributed by atoms with Crippen molar-refractivity contribution in [3.8, 4) is 0 Å². The first-order valence-electron chi connectivity index (χ1n) is 7.07. The Morgan fingerprint density at radius 2 is 2.00 bits per heavy atom. The smallest absolute Gasteiger partial charge is 0.311 e. The number of carboxylic acid groups (broad SMARTS) is 1. The lowest BCUT2D eigenvalue weighted by Gasteiger charge is -2.29. The van der Waals surface area contributed by atoms with Crippen molar-refractivity contribution in [2.45, 2.75) is 26.7 Å². The molecule has 2 aliphatic heterocycles. The van der Waals surface area contributed by atoms with Crippen molar-refractivity contribution in [2.24, 2.45) is 17.3 Å². The Morgan fingerprint density at radius 1 is 1.32 bits per heavy atom. The van der Waals surface area contributed by atoms with E-state index >= 15 is 0 Å². The van der Waals surface area contributed by atoms with Crippen LogP contribution >= 0.6 is 0 Å². The van der Waals surface area contributed by atoms with Gasteiger partial charge >= 0.3 is 5.97 Å². The molecule has 2 unspecified atom stereocenters. The van der Waals surface area contributed by atoms with E-state index in [0.29, 0.717) is 19.5 Å². The maximum absolute atomic E-state index is 12.4. The fourth-order valence-electron chi connectivity index (χ4n) is 3.31. The number of likely N-dealkylation sites (tertiary alicyclic amines) is 2. The molecule has 2 aliphatic rings. The zero-order valence-corrected chi connectivity index (χ0v) is 12.1. The number of aliphatic carboxylic acids is 1. The van der Waals surface area contributed by atoms with Crippen LogP contribution in [0.5, 0.6) is 0 Å². The van der Waals surface area contributed by atoms with Gasteiger partial charge in [-0.3, -0.25) is 9.59 Å². The van der Waals surface area contributed by atoms with E-state index < -0.39 is 11.4 Å². The first-order valence-corrected chi connectivity index (χ1v) is 7.07. The van der Waals surface area contributed by atoms with Gasteiger partial charge in [0, 0.05) is 19.6 Å². The van der Waals surface area contributed by atoms with Gasteiger partial charge in [-0.05, 0) is 32.4 Å². The van der Waals surface area contributed by atoms with Gasteiger partial charge in [0.05, 0.1) is 11.3 Å². The van der Waals surface area contributed by atoms with Gasteiger partial charge in [-0.2, -0.15) is 0 Å². The van der Waals surface area contributed by atoms with Gasteiger partial charge in [-0.1, -0.05) is 13.8 Å². The van der Waals surface area contributed by atoms with E-state index in [2.05, 4.69) is 4.90 Å². The molecule has 5 heteroatoms. The highest BCUT2D eigenvalue weighted by molar-refractivity contribution is 5.82. The van der Waals surface area contributed by atoms with Crippen LogP contribution in [0, 0.1) is 17.3 Å². The van der Waals surface area contributed by atoms with Crippen molar-refractivity contribution in [1.29, 1.82) is 0 Å². The average Bonchev–Trinajstić information content (AvgIpc) is 2.94. The summed E-state index contributed by atoms with van der Waals surface area (Å²) in [7, 11) is 2.02. The van der Waals surface area contributed by atoms with Crippen molar-refractivity contribution in [2.75, 3.05) is 33.2 Å². The summed E-state index contributed by atoms with van der Waals surface area (Å²) in [5.74, 6) is -0.509. The number of hydrogen-bond donors (Lipinski definition) is 1. The van der Waals surface area contributed by atoms with E-state index in [1.54, 1.807) is 4.90 Å². The minimum Gasteiger partial charge on any atom is -0.481 e. The monoisotopic (exact) mass is 268 g/mol. The van der Waals surface area contributed by atoms with Gasteiger partial charge in [-0.15, -0.1) is 0 Å². The molecule has 0 spiro atoms. The van der Waals surface area contributed by atoms with Crippen LogP contribution in [0.3, 0.4) is 0 Å². The minimum absolute atomic E-state index is 0.0500. The average molecular weight is 268 g/mol. The molecule has 0 radical (unpaired) electrons. The number of amides is 1. The van der Waals surface area contributed by atoms with Crippen LogP contribution in [0.25, 0.3) is 0 Å². The summed E-state index contributed by atoms with van der Waals surface area (Å²) in [6.07, 6.45) is 1.47. The lowest BCUT2D eigenvalue weighted by atomic mass is 9.76. The number of rotatable bonds is 3. The summed E-state index contributed by atoms with van der Waals surface area (Å²) in [5.41, 5.74) is -0.750. The number of nitrogens with zero attached hydrogens (tertiary/aromatic N) is 2. The highest BCUT2D eigenvalue weighted by atomic mass is 16.4. The predicted octanol–water partition coefficient (Wildman–Crippen LogP) is 0.897. The molecule has 2 atom stereocenters. The maximum atomic E-state index is 12.4. The quantitative estimate of drug-likeness (QED) is 0.826. The Hall–Kier alpha value is -1.10. The third-order valence-corrected chi connectivity index (χ3v) is 4.88. The van der Waals surface area contributed by atoms with Crippen molar-refractivity contribution >= 4 is 11.9 Å². The third kappa shape index (κ3) is 2.48. The Bertz CT molecular complexity index is 383. The van der Waals surface area contributed by atoms with E-state index in [4.69, 9.17) is 0 Å². The molecule has 2 saturated heterocycles. The summed E-state index contributed by atoms with van der Waals surface area (Å²) in [4.78, 5) is 27.9. The molecule has 19 heavy (non-hydrogen) atoms. The highest BCUT2D eigenvalue weighted by Crippen LogP contribution is 2.39. The van der Waals surface area contributed by atoms with Crippen LogP contribution in [-0.2, 0) is 9.59 Å². The molecule has 2 heterocycles. The van der Waals surface area contributed by atoms with Crippen LogP contribution in [0.2, 0.25) is 0 Å². The maximum Gasteiger partial charge on any atom is 0.311 e. The number of carboxylic acids is 1. The predicted molar refractivity (Wildman–Crippen MR) is 71.7 cm³/mol. The van der Waals surface area contributed by atoms with Crippen molar-refractivity contribution in [3.05, 3.63) is 0 Å². The summed E-state index contributed by atoms with van der Waals surface area (Å²) >= 11 is 0. The normalized spacial score (nSPS) is 32.2. The Morgan fingerprint density at radius 3 is 2.42 bits per heavy atom. The molecule has 0 aliphatic carbocycles. The van der Waals surface area contributed by atoms with Crippen molar-refractivity contribution in [3.63, 3.8) is 0 Å². The summed E-state index contributed by atoms with van der Waals surface area (Å²) in [6, 6.07) is 0. The van der Waals surface area contributed by atoms with Gasteiger partial charge in [0.2, 0.25) is 5.91 Å². The molecule has 1 N–H and O–H groups in total. The van der Waals surface area contributed by atoms with E-state index in [0.717, 1.165) is 19.5 Å². The molecule has 0 saturated carbocycles. The van der Waals surface area contributed by atoms with Gasteiger partial charge in [0.25, 0.3) is 0 Å². The van der Waals surface area contributed by atoms with Gasteiger partial charge < -0.3 is 14.9 Å². The first kappa shape index (κ1) is 14.3. The number of carbonyl (C=O) groups excluding carboxylic acids is 1. The van der Waals surface area contributed by atoms with E-state index in [9.17, 15) is 14.7 Å². The molecule has 0 aromatic heterocycles. The molecule has 2 rings (SSSR count). The highest BCUT2D eigenvalue weighted by Gasteiger charge is 2.49. The molecule has 1 amide bonds. The molecule has 0 bridgehead atoms. The third-order valence-electron chi connectivity index (χ3n) is 4.88. The van der Waals surface area contributed by atoms with Gasteiger partial charge in [0.15, 0.2) is 0 Å². The molecular formula is C14H24N2O3. The number of carbonyl (C=O) groups is 2. The van der Waals surface area contributed by atoms with Crippen LogP contribution in [-0.4, -0.2) is 60.0 Å². The second-order valence-corrected chi connectivity index (χ2v) is 6.37. The largest absolute Gasteiger partial charge is 0.481 e. The topological polar surface area (TPSA) is 60.9 Å². The summed E-state index contributed by atoms with van der Waals surface area (Å²) in [6.45, 7) is 6.59. The molecule has 0 aromatic carbocycles. The van der Waals surface area contributed by atoms with Crippen LogP contribution in [0.15, 0.2) is 0 Å². The molecule has 2 fully saturated rings. The first-order chi connectivity index (χ1) is 8.86. The second kappa shape index (κ2) is 5.12. The zero-order chi connectivity index (χ0) is 14.2. The van der Waals surface area contributed by atoms with Crippen LogP contribution < -0.4 is 0 Å². The standard InChI is InChI=1S/C14H24N2O3/c1-10(2)14(13(18)19)5-7-16(9-14)12(17)11-4-6-15(3)8-11/h10-11H,4-9H2,1-3H3,(H,18,19). The SMILES string of the molecule is CC(C)C1(C(=O)O)CCN(C(=O)C2CCN(C)C2)C1. The molecule has 108 valence electrons. The second-order valence-electron chi connectivity index (χ2n) is 6.37.